The summed E-state index contributed by atoms with van der Waals surface area (Å²) in [7, 11) is -2.63. The smallest absolute Gasteiger partial charge is 0.307 e. The molecule has 1 unspecified atom stereocenters. The molecule has 3 rings (SSSR count). The average Bonchev–Trinajstić information content (AvgIpc) is 2.67. The van der Waals surface area contributed by atoms with Gasteiger partial charge in [0.05, 0.1) is 24.5 Å². The first-order valence-corrected chi connectivity index (χ1v) is 9.93. The Balaban J connectivity index is 1.89. The molecule has 0 fully saturated rings. The fourth-order valence-electron chi connectivity index (χ4n) is 2.72. The highest BCUT2D eigenvalue weighted by molar-refractivity contribution is 7.89. The van der Waals surface area contributed by atoms with Crippen LogP contribution < -0.4 is 14.2 Å². The van der Waals surface area contributed by atoms with Crippen molar-refractivity contribution in [3.8, 4) is 11.5 Å². The summed E-state index contributed by atoms with van der Waals surface area (Å²) in [6.07, 6.45) is -0.122. The minimum Gasteiger partial charge on any atom is -0.486 e. The van der Waals surface area contributed by atoms with E-state index >= 15 is 0 Å². The van der Waals surface area contributed by atoms with E-state index in [1.165, 1.54) is 19.2 Å². The molecular weight excluding hydrogens is 370 g/mol. The van der Waals surface area contributed by atoms with Crippen LogP contribution in [0.15, 0.2) is 47.4 Å². The highest BCUT2D eigenvalue weighted by Gasteiger charge is 2.25. The van der Waals surface area contributed by atoms with Crippen molar-refractivity contribution < 1.29 is 27.4 Å². The third-order valence-electron chi connectivity index (χ3n) is 4.20. The van der Waals surface area contributed by atoms with Crippen LogP contribution in [-0.2, 0) is 19.6 Å². The van der Waals surface area contributed by atoms with Gasteiger partial charge in [-0.05, 0) is 24.6 Å². The summed E-state index contributed by atoms with van der Waals surface area (Å²) in [5.74, 6) is 0.374. The molecule has 1 aliphatic heterocycles. The quantitative estimate of drug-likeness (QED) is 0.760. The van der Waals surface area contributed by atoms with Gasteiger partial charge in [-0.3, -0.25) is 4.79 Å². The standard InChI is InChI=1S/C19H21NO6S/c1-13-3-5-14(6-4-13)16(12-19(21)24-2)20-27(22,23)15-7-8-17-18(11-15)26-10-9-25-17/h3-8,11,16,20H,9-10,12H2,1-2H3. The first-order valence-electron chi connectivity index (χ1n) is 8.44. The summed E-state index contributed by atoms with van der Waals surface area (Å²) in [6.45, 7) is 2.71. The van der Waals surface area contributed by atoms with Crippen LogP contribution >= 0.6 is 0 Å². The molecule has 1 heterocycles. The Morgan fingerprint density at radius 2 is 1.78 bits per heavy atom. The SMILES string of the molecule is COC(=O)CC(NS(=O)(=O)c1ccc2c(c1)OCCO2)c1ccc(C)cc1. The number of hydrogen-bond donors (Lipinski definition) is 1. The number of ether oxygens (including phenoxy) is 3. The fraction of sp³-hybridized carbons (Fsp3) is 0.316. The Morgan fingerprint density at radius 1 is 1.11 bits per heavy atom. The zero-order chi connectivity index (χ0) is 19.4. The van der Waals surface area contributed by atoms with Gasteiger partial charge in [0.2, 0.25) is 10.0 Å². The number of methoxy groups -OCH3 is 1. The van der Waals surface area contributed by atoms with E-state index in [4.69, 9.17) is 14.2 Å². The van der Waals surface area contributed by atoms with E-state index in [0.29, 0.717) is 30.3 Å². The van der Waals surface area contributed by atoms with E-state index in [2.05, 4.69) is 4.72 Å². The van der Waals surface area contributed by atoms with Gasteiger partial charge in [0.1, 0.15) is 13.2 Å². The van der Waals surface area contributed by atoms with Crippen molar-refractivity contribution in [2.45, 2.75) is 24.3 Å². The number of nitrogens with one attached hydrogen (secondary N) is 1. The fourth-order valence-corrected chi connectivity index (χ4v) is 3.96. The minimum atomic E-state index is -3.90. The summed E-state index contributed by atoms with van der Waals surface area (Å²) in [5.41, 5.74) is 1.71. The second-order valence-corrected chi connectivity index (χ2v) is 7.88. The van der Waals surface area contributed by atoms with E-state index in [-0.39, 0.29) is 11.3 Å². The van der Waals surface area contributed by atoms with Crippen LogP contribution in [-0.4, -0.2) is 34.7 Å². The second kappa shape index (κ2) is 7.98. The Bertz CT molecular complexity index is 924. The van der Waals surface area contributed by atoms with E-state index in [0.717, 1.165) is 5.56 Å². The number of fused-ring (bicyclic) bond motifs is 1. The molecule has 1 N–H and O–H groups in total. The lowest BCUT2D eigenvalue weighted by molar-refractivity contribution is -0.141. The molecule has 0 radical (unpaired) electrons. The monoisotopic (exact) mass is 391 g/mol. The molecule has 144 valence electrons. The molecule has 8 heteroatoms. The van der Waals surface area contributed by atoms with E-state index in [1.54, 1.807) is 18.2 Å². The third kappa shape index (κ3) is 4.58. The molecule has 2 aromatic carbocycles. The largest absolute Gasteiger partial charge is 0.486 e. The predicted molar refractivity (Wildman–Crippen MR) is 98.3 cm³/mol. The summed E-state index contributed by atoms with van der Waals surface area (Å²) >= 11 is 0. The molecule has 7 nitrogen and oxygen atoms in total. The summed E-state index contributed by atoms with van der Waals surface area (Å²) < 4.78 is 43.9. The third-order valence-corrected chi connectivity index (χ3v) is 5.67. The van der Waals surface area contributed by atoms with E-state index in [1.807, 2.05) is 19.1 Å². The zero-order valence-corrected chi connectivity index (χ0v) is 15.9. The van der Waals surface area contributed by atoms with Crippen molar-refractivity contribution in [1.29, 1.82) is 0 Å². The molecule has 0 saturated heterocycles. The number of carbonyl (C=O) groups excluding carboxylic acids is 1. The maximum absolute atomic E-state index is 12.9. The summed E-state index contributed by atoms with van der Waals surface area (Å²) in [5, 5.41) is 0. The lowest BCUT2D eigenvalue weighted by atomic mass is 10.0. The average molecular weight is 391 g/mol. The van der Waals surface area contributed by atoms with Gasteiger partial charge in [0, 0.05) is 6.07 Å². The van der Waals surface area contributed by atoms with Crippen LogP contribution in [0.25, 0.3) is 0 Å². The molecule has 2 aromatic rings. The molecule has 0 aromatic heterocycles. The number of aryl methyl sites for hydroxylation is 1. The molecule has 0 saturated carbocycles. The Labute approximate surface area is 158 Å². The number of esters is 1. The normalized spacial score (nSPS) is 14.4. The molecule has 1 aliphatic rings. The number of rotatable bonds is 6. The number of hydrogen-bond acceptors (Lipinski definition) is 6. The number of sulfonamides is 1. The Morgan fingerprint density at radius 3 is 2.44 bits per heavy atom. The van der Waals surface area contributed by atoms with Crippen LogP contribution in [0, 0.1) is 6.92 Å². The van der Waals surface area contributed by atoms with Gasteiger partial charge >= 0.3 is 5.97 Å². The predicted octanol–water partition coefficient (Wildman–Crippen LogP) is 2.35. The highest BCUT2D eigenvalue weighted by atomic mass is 32.2. The molecule has 0 spiro atoms. The molecule has 0 amide bonds. The van der Waals surface area contributed by atoms with Gasteiger partial charge in [-0.15, -0.1) is 0 Å². The zero-order valence-electron chi connectivity index (χ0n) is 15.1. The van der Waals surface area contributed by atoms with Gasteiger partial charge < -0.3 is 14.2 Å². The maximum Gasteiger partial charge on any atom is 0.307 e. The lowest BCUT2D eigenvalue weighted by Gasteiger charge is -2.21. The Kier molecular flexibility index (Phi) is 5.67. The van der Waals surface area contributed by atoms with Gasteiger partial charge in [0.25, 0.3) is 0 Å². The van der Waals surface area contributed by atoms with Gasteiger partial charge in [-0.1, -0.05) is 29.8 Å². The van der Waals surface area contributed by atoms with Gasteiger partial charge in [-0.25, -0.2) is 13.1 Å². The van der Waals surface area contributed by atoms with Crippen molar-refractivity contribution in [3.63, 3.8) is 0 Å². The van der Waals surface area contributed by atoms with Crippen LogP contribution in [0.1, 0.15) is 23.6 Å². The molecular formula is C19H21NO6S. The van der Waals surface area contributed by atoms with Gasteiger partial charge in [-0.2, -0.15) is 0 Å². The lowest BCUT2D eigenvalue weighted by Crippen LogP contribution is -2.30. The van der Waals surface area contributed by atoms with Crippen molar-refractivity contribution in [2.75, 3.05) is 20.3 Å². The van der Waals surface area contributed by atoms with Gasteiger partial charge in [0.15, 0.2) is 11.5 Å². The Hall–Kier alpha value is -2.58. The van der Waals surface area contributed by atoms with Crippen LogP contribution in [0.3, 0.4) is 0 Å². The second-order valence-electron chi connectivity index (χ2n) is 6.17. The topological polar surface area (TPSA) is 90.9 Å². The molecule has 27 heavy (non-hydrogen) atoms. The van der Waals surface area contributed by atoms with Crippen molar-refractivity contribution in [3.05, 3.63) is 53.6 Å². The number of carbonyl (C=O) groups is 1. The van der Waals surface area contributed by atoms with Crippen LogP contribution in [0.5, 0.6) is 11.5 Å². The first-order chi connectivity index (χ1) is 12.9. The first kappa shape index (κ1) is 19.2. The molecule has 0 aliphatic carbocycles. The van der Waals surface area contributed by atoms with E-state index < -0.39 is 22.0 Å². The van der Waals surface area contributed by atoms with Crippen molar-refractivity contribution in [2.24, 2.45) is 0 Å². The van der Waals surface area contributed by atoms with Crippen LogP contribution in [0.2, 0.25) is 0 Å². The number of benzene rings is 2. The van der Waals surface area contributed by atoms with Crippen molar-refractivity contribution >= 4 is 16.0 Å². The van der Waals surface area contributed by atoms with Crippen molar-refractivity contribution in [1.82, 2.24) is 4.72 Å². The van der Waals surface area contributed by atoms with E-state index in [9.17, 15) is 13.2 Å². The minimum absolute atomic E-state index is 0.0359. The molecule has 1 atom stereocenters. The summed E-state index contributed by atoms with van der Waals surface area (Å²) in [4.78, 5) is 11.8. The highest BCUT2D eigenvalue weighted by Crippen LogP contribution is 2.32. The van der Waals surface area contributed by atoms with Crippen LogP contribution in [0.4, 0.5) is 0 Å². The molecule has 0 bridgehead atoms. The summed E-state index contributed by atoms with van der Waals surface area (Å²) in [6, 6.07) is 11.0. The maximum atomic E-state index is 12.9.